The van der Waals surface area contributed by atoms with E-state index in [1.807, 2.05) is 26.0 Å². The van der Waals surface area contributed by atoms with Crippen molar-refractivity contribution in [3.8, 4) is 0 Å². The molecular formula is C18H24O5. The number of rotatable bonds is 1. The van der Waals surface area contributed by atoms with Gasteiger partial charge in [-0.25, -0.2) is 0 Å². The second-order valence-electron chi connectivity index (χ2n) is 7.39. The lowest BCUT2D eigenvalue weighted by molar-refractivity contribution is -0.217. The monoisotopic (exact) mass is 320 g/mol. The standard InChI is InChI=1S/C18H24O5/c1-4-10-8-11-6-5-7-20-15-14(13(19)12(11)9-10)21-17-16(15)22-18(2,3)23-17/h4-6,10-12,14-17H,1,7-9H2,2-3H3/b6-5-/t10-,11+,12-,14+,15-,16+,17+/m0/s1. The molecule has 1 saturated carbocycles. The Morgan fingerprint density at radius 3 is 2.87 bits per heavy atom. The van der Waals surface area contributed by atoms with Crippen molar-refractivity contribution in [3.05, 3.63) is 24.8 Å². The van der Waals surface area contributed by atoms with Crippen molar-refractivity contribution in [2.75, 3.05) is 6.61 Å². The molecule has 0 radical (unpaired) electrons. The molecule has 3 heterocycles. The normalized spacial score (nSPS) is 49.5. The average Bonchev–Trinajstić information content (AvgIpc) is 3.13. The van der Waals surface area contributed by atoms with Crippen LogP contribution in [0.25, 0.3) is 0 Å². The Kier molecular flexibility index (Phi) is 3.72. The molecule has 3 fully saturated rings. The van der Waals surface area contributed by atoms with Gasteiger partial charge in [0, 0.05) is 5.92 Å². The smallest absolute Gasteiger partial charge is 0.190 e. The third kappa shape index (κ3) is 2.60. The Morgan fingerprint density at radius 2 is 2.09 bits per heavy atom. The van der Waals surface area contributed by atoms with Crippen LogP contribution in [0.5, 0.6) is 0 Å². The molecule has 0 N–H and O–H groups in total. The molecule has 2 saturated heterocycles. The maximum absolute atomic E-state index is 13.1. The van der Waals surface area contributed by atoms with Gasteiger partial charge in [-0.05, 0) is 38.5 Å². The lowest BCUT2D eigenvalue weighted by atomic mass is 9.87. The van der Waals surface area contributed by atoms with Crippen LogP contribution in [0, 0.1) is 17.8 Å². The van der Waals surface area contributed by atoms with Gasteiger partial charge in [-0.3, -0.25) is 4.79 Å². The molecule has 0 spiro atoms. The number of hydrogen-bond acceptors (Lipinski definition) is 5. The maximum atomic E-state index is 13.1. The van der Waals surface area contributed by atoms with Crippen LogP contribution in [0.3, 0.4) is 0 Å². The van der Waals surface area contributed by atoms with E-state index in [0.29, 0.717) is 12.5 Å². The van der Waals surface area contributed by atoms with E-state index in [4.69, 9.17) is 18.9 Å². The molecule has 4 rings (SSSR count). The van der Waals surface area contributed by atoms with Crippen LogP contribution >= 0.6 is 0 Å². The van der Waals surface area contributed by atoms with Crippen LogP contribution in [0.15, 0.2) is 24.8 Å². The number of ketones is 1. The minimum Gasteiger partial charge on any atom is -0.368 e. The van der Waals surface area contributed by atoms with E-state index in [-0.39, 0.29) is 23.7 Å². The van der Waals surface area contributed by atoms with Gasteiger partial charge in [0.15, 0.2) is 17.9 Å². The lowest BCUT2D eigenvalue weighted by Crippen LogP contribution is -2.43. The first-order chi connectivity index (χ1) is 11.0. The van der Waals surface area contributed by atoms with Gasteiger partial charge in [0.1, 0.15) is 18.3 Å². The number of hydrogen-bond donors (Lipinski definition) is 0. The van der Waals surface area contributed by atoms with Crippen molar-refractivity contribution in [1.82, 2.24) is 0 Å². The van der Waals surface area contributed by atoms with E-state index in [1.165, 1.54) is 0 Å². The molecule has 23 heavy (non-hydrogen) atoms. The number of ether oxygens (including phenoxy) is 4. The van der Waals surface area contributed by atoms with E-state index in [0.717, 1.165) is 12.8 Å². The summed E-state index contributed by atoms with van der Waals surface area (Å²) in [6.45, 7) is 8.05. The zero-order chi connectivity index (χ0) is 16.2. The van der Waals surface area contributed by atoms with Gasteiger partial charge in [0.05, 0.1) is 6.61 Å². The quantitative estimate of drug-likeness (QED) is 0.693. The highest BCUT2D eigenvalue weighted by atomic mass is 16.8. The molecule has 5 heteroatoms. The van der Waals surface area contributed by atoms with Crippen molar-refractivity contribution in [2.45, 2.75) is 57.1 Å². The summed E-state index contributed by atoms with van der Waals surface area (Å²) in [5.41, 5.74) is 0. The number of fused-ring (bicyclic) bond motifs is 4. The van der Waals surface area contributed by atoms with Gasteiger partial charge in [-0.1, -0.05) is 18.2 Å². The highest BCUT2D eigenvalue weighted by Crippen LogP contribution is 2.44. The molecule has 126 valence electrons. The van der Waals surface area contributed by atoms with Crippen LogP contribution in [-0.4, -0.2) is 42.8 Å². The summed E-state index contributed by atoms with van der Waals surface area (Å²) < 4.78 is 23.5. The van der Waals surface area contributed by atoms with Gasteiger partial charge >= 0.3 is 0 Å². The summed E-state index contributed by atoms with van der Waals surface area (Å²) >= 11 is 0. The van der Waals surface area contributed by atoms with E-state index in [9.17, 15) is 4.79 Å². The summed E-state index contributed by atoms with van der Waals surface area (Å²) in [4.78, 5) is 13.1. The SMILES string of the molecule is C=C[C@H]1C[C@H]2/C=C\CO[C@@H]3[C@H]4OC(C)(C)O[C@H]4O[C@@H]3C(=O)[C@H]2C1. The molecule has 0 aromatic rings. The molecule has 5 nitrogen and oxygen atoms in total. The molecule has 7 atom stereocenters. The van der Waals surface area contributed by atoms with Gasteiger partial charge in [0.2, 0.25) is 0 Å². The predicted octanol–water partition coefficient (Wildman–Crippen LogP) is 2.22. The first-order valence-corrected chi connectivity index (χ1v) is 8.44. The van der Waals surface area contributed by atoms with Gasteiger partial charge in [0.25, 0.3) is 0 Å². The van der Waals surface area contributed by atoms with Crippen molar-refractivity contribution in [2.24, 2.45) is 17.8 Å². The van der Waals surface area contributed by atoms with Crippen LogP contribution in [0.4, 0.5) is 0 Å². The fourth-order valence-corrected chi connectivity index (χ4v) is 4.34. The first-order valence-electron chi connectivity index (χ1n) is 8.44. The molecule has 0 amide bonds. The van der Waals surface area contributed by atoms with Crippen molar-refractivity contribution in [3.63, 3.8) is 0 Å². The number of Topliss-reactive ketones (excluding diaryl/α,β-unsaturated/α-hetero) is 1. The Balaban J connectivity index is 1.59. The van der Waals surface area contributed by atoms with Crippen LogP contribution in [0.2, 0.25) is 0 Å². The average molecular weight is 320 g/mol. The number of carbonyl (C=O) groups excluding carboxylic acids is 1. The summed E-state index contributed by atoms with van der Waals surface area (Å²) in [6, 6.07) is 0. The Labute approximate surface area is 136 Å². The second-order valence-corrected chi connectivity index (χ2v) is 7.39. The maximum Gasteiger partial charge on any atom is 0.190 e. The second kappa shape index (κ2) is 5.52. The zero-order valence-electron chi connectivity index (χ0n) is 13.6. The fraction of sp³-hybridized carbons (Fsp3) is 0.722. The highest BCUT2D eigenvalue weighted by Gasteiger charge is 2.58. The van der Waals surface area contributed by atoms with E-state index in [1.54, 1.807) is 0 Å². The Bertz CT molecular complexity index is 540. The molecule has 0 aromatic heterocycles. The molecule has 1 aliphatic carbocycles. The third-order valence-corrected chi connectivity index (χ3v) is 5.39. The Hall–Kier alpha value is -1.01. The molecule has 4 aliphatic rings. The third-order valence-electron chi connectivity index (χ3n) is 5.39. The van der Waals surface area contributed by atoms with Crippen LogP contribution in [0.1, 0.15) is 26.7 Å². The van der Waals surface area contributed by atoms with Gasteiger partial charge < -0.3 is 18.9 Å². The highest BCUT2D eigenvalue weighted by molar-refractivity contribution is 5.87. The van der Waals surface area contributed by atoms with Crippen molar-refractivity contribution >= 4 is 5.78 Å². The van der Waals surface area contributed by atoms with Gasteiger partial charge in [-0.2, -0.15) is 0 Å². The fourth-order valence-electron chi connectivity index (χ4n) is 4.34. The lowest BCUT2D eigenvalue weighted by Gasteiger charge is -2.26. The van der Waals surface area contributed by atoms with Gasteiger partial charge in [-0.15, -0.1) is 6.58 Å². The minimum atomic E-state index is -0.704. The van der Waals surface area contributed by atoms with E-state index in [2.05, 4.69) is 12.7 Å². The topological polar surface area (TPSA) is 54.0 Å². The summed E-state index contributed by atoms with van der Waals surface area (Å²) in [5.74, 6) is 0.0237. The summed E-state index contributed by atoms with van der Waals surface area (Å²) in [7, 11) is 0. The molecular weight excluding hydrogens is 296 g/mol. The molecule has 3 aliphatic heterocycles. The van der Waals surface area contributed by atoms with Crippen LogP contribution in [-0.2, 0) is 23.7 Å². The zero-order valence-corrected chi connectivity index (χ0v) is 13.6. The molecule has 0 bridgehead atoms. The first kappa shape index (κ1) is 15.5. The number of allylic oxidation sites excluding steroid dienone is 2. The molecule has 0 unspecified atom stereocenters. The van der Waals surface area contributed by atoms with Crippen molar-refractivity contribution in [1.29, 1.82) is 0 Å². The predicted molar refractivity (Wildman–Crippen MR) is 82.5 cm³/mol. The minimum absolute atomic E-state index is 0.0321. The van der Waals surface area contributed by atoms with Crippen LogP contribution < -0.4 is 0 Å². The Morgan fingerprint density at radius 1 is 1.26 bits per heavy atom. The molecule has 0 aromatic carbocycles. The van der Waals surface area contributed by atoms with Crippen molar-refractivity contribution < 1.29 is 23.7 Å². The summed E-state index contributed by atoms with van der Waals surface area (Å²) in [6.07, 6.45) is 6.05. The van der Waals surface area contributed by atoms with E-state index < -0.39 is 24.3 Å². The largest absolute Gasteiger partial charge is 0.368 e. The number of carbonyl (C=O) groups is 1. The summed E-state index contributed by atoms with van der Waals surface area (Å²) in [5, 5.41) is 0. The van der Waals surface area contributed by atoms with E-state index >= 15 is 0 Å².